The predicted octanol–water partition coefficient (Wildman–Crippen LogP) is 1.56. The maximum atomic E-state index is 12.3. The number of hydrogen-bond acceptors (Lipinski definition) is 11. The maximum Gasteiger partial charge on any atom is 0.469 e. The quantitative estimate of drug-likeness (QED) is 0.191. The lowest BCUT2D eigenvalue weighted by molar-refractivity contribution is -0.0630. The largest absolute Gasteiger partial charge is 0.469 e. The van der Waals surface area contributed by atoms with Gasteiger partial charge in [-0.15, -0.1) is 0 Å². The van der Waals surface area contributed by atoms with Gasteiger partial charge in [-0.05, 0) is 5.56 Å². The van der Waals surface area contributed by atoms with Crippen LogP contribution >= 0.6 is 7.82 Å². The molecule has 0 radical (unpaired) electrons. The van der Waals surface area contributed by atoms with E-state index in [1.54, 1.807) is 24.3 Å². The van der Waals surface area contributed by atoms with Crippen molar-refractivity contribution in [2.45, 2.75) is 31.1 Å². The van der Waals surface area contributed by atoms with Crippen LogP contribution in [0.4, 0.5) is 10.6 Å². The van der Waals surface area contributed by atoms with E-state index in [2.05, 4.69) is 29.6 Å². The molecule has 16 nitrogen and oxygen atoms in total. The number of nitrogens with zero attached hydrogens (tertiary/aromatic N) is 5. The summed E-state index contributed by atoms with van der Waals surface area (Å²) in [5, 5.41) is 2.45. The normalized spacial score (nSPS) is 21.7. The number of hydrogen-bond donors (Lipinski definition) is 3. The number of amides is 1. The summed E-state index contributed by atoms with van der Waals surface area (Å²) < 4.78 is 56.9. The Labute approximate surface area is 215 Å². The summed E-state index contributed by atoms with van der Waals surface area (Å²) in [6, 6.07) is 8.96. The Morgan fingerprint density at radius 1 is 1.32 bits per heavy atom. The van der Waals surface area contributed by atoms with Crippen LogP contribution in [0.2, 0.25) is 0 Å². The third kappa shape index (κ3) is 6.49. The first-order valence-electron chi connectivity index (χ1n) is 10.7. The summed E-state index contributed by atoms with van der Waals surface area (Å²) >= 11 is 0. The minimum absolute atomic E-state index is 0.000318. The van der Waals surface area contributed by atoms with E-state index in [0.717, 1.165) is 18.1 Å². The molecule has 0 unspecified atom stereocenters. The lowest BCUT2D eigenvalue weighted by Crippen LogP contribution is -2.37. The highest BCUT2D eigenvalue weighted by atomic mass is 32.2. The third-order valence-electron chi connectivity index (χ3n) is 5.19. The van der Waals surface area contributed by atoms with Gasteiger partial charge in [0, 0.05) is 0 Å². The maximum absolute atomic E-state index is 12.3. The van der Waals surface area contributed by atoms with Gasteiger partial charge in [-0.25, -0.2) is 30.9 Å². The topological polar surface area (TPSA) is 206 Å². The fraction of sp³-hybridized carbons (Fsp3) is 0.350. The predicted molar refractivity (Wildman–Crippen MR) is 127 cm³/mol. The number of nitrogens with one attached hydrogen (secondary N) is 1. The van der Waals surface area contributed by atoms with Gasteiger partial charge in [0.05, 0.1) is 31.7 Å². The third-order valence-corrected chi connectivity index (χ3v) is 6.26. The molecule has 3 atom stereocenters. The zero-order valence-corrected chi connectivity index (χ0v) is 21.3. The Morgan fingerprint density at radius 3 is 2.71 bits per heavy atom. The molecule has 38 heavy (non-hydrogen) atoms. The average molecular weight is 568 g/mol. The second-order valence-electron chi connectivity index (χ2n) is 8.08. The van der Waals surface area contributed by atoms with E-state index in [0.29, 0.717) is 0 Å². The van der Waals surface area contributed by atoms with Crippen LogP contribution in [0.15, 0.2) is 43.0 Å². The van der Waals surface area contributed by atoms with Crippen molar-refractivity contribution in [3.63, 3.8) is 0 Å². The lowest BCUT2D eigenvalue weighted by Gasteiger charge is -2.22. The Bertz CT molecular complexity index is 1520. The van der Waals surface area contributed by atoms with Gasteiger partial charge < -0.3 is 19.3 Å². The molecule has 1 aromatic carbocycles. The number of benzene rings is 1. The van der Waals surface area contributed by atoms with Crippen molar-refractivity contribution < 1.29 is 45.7 Å². The van der Waals surface area contributed by atoms with E-state index >= 15 is 0 Å². The minimum atomic E-state index is -4.88. The molecule has 1 amide bonds. The van der Waals surface area contributed by atoms with E-state index in [4.69, 9.17) is 30.0 Å². The number of aromatic nitrogens is 4. The molecule has 202 valence electrons. The summed E-state index contributed by atoms with van der Waals surface area (Å²) in [7, 11) is -9.09. The molecular weight excluding hydrogens is 547 g/mol. The Kier molecular flexibility index (Phi) is 7.76. The molecule has 1 fully saturated rings. The number of phosphoric ester groups is 1. The van der Waals surface area contributed by atoms with Crippen LogP contribution in [0.5, 0.6) is 0 Å². The van der Waals surface area contributed by atoms with Crippen molar-refractivity contribution in [3.05, 3.63) is 60.0 Å². The molecule has 0 saturated carbocycles. The van der Waals surface area contributed by atoms with Crippen molar-refractivity contribution in [1.29, 1.82) is 0 Å². The summed E-state index contributed by atoms with van der Waals surface area (Å²) in [5.74, 6) is -0.0383. The van der Waals surface area contributed by atoms with Crippen LogP contribution < -0.4 is 5.32 Å². The van der Waals surface area contributed by atoms with Gasteiger partial charge in [0.2, 0.25) is 6.23 Å². The number of imidazole rings is 1. The second-order valence-corrected chi connectivity index (χ2v) is 10.9. The van der Waals surface area contributed by atoms with Gasteiger partial charge in [-0.3, -0.25) is 19.3 Å². The van der Waals surface area contributed by atoms with Gasteiger partial charge in [0.1, 0.15) is 12.9 Å². The fourth-order valence-corrected chi connectivity index (χ4v) is 4.83. The fourth-order valence-electron chi connectivity index (χ4n) is 3.75. The molecule has 3 N–H and O–H groups in total. The van der Waals surface area contributed by atoms with Gasteiger partial charge >= 0.3 is 19.6 Å². The summed E-state index contributed by atoms with van der Waals surface area (Å²) in [6.07, 6.45) is -0.878. The van der Waals surface area contributed by atoms with Gasteiger partial charge in [-0.2, -0.15) is 12.6 Å². The van der Waals surface area contributed by atoms with Crippen molar-refractivity contribution in [3.8, 4) is 0 Å². The molecule has 3 aromatic rings. The lowest BCUT2D eigenvalue weighted by atomic mass is 10.1. The zero-order chi connectivity index (χ0) is 27.6. The SMILES string of the molecule is [C-]#[N+][C@]1(OS(C)(=O)=O)C[C@@H](COP(=O)(O)O)O[C@H]1n1cnc2c(NC(=O)OCc3ccccc3)ncnc21. The molecule has 1 aliphatic heterocycles. The van der Waals surface area contributed by atoms with Gasteiger partial charge in [-0.1, -0.05) is 30.3 Å². The number of anilines is 1. The number of ether oxygens (including phenoxy) is 2. The van der Waals surface area contributed by atoms with E-state index in [1.807, 2.05) is 6.07 Å². The van der Waals surface area contributed by atoms with Crippen LogP contribution in [-0.2, 0) is 39.5 Å². The Balaban J connectivity index is 1.61. The van der Waals surface area contributed by atoms with Crippen molar-refractivity contribution >= 4 is 41.0 Å². The first kappa shape index (κ1) is 27.5. The molecule has 2 aromatic heterocycles. The number of rotatable bonds is 9. The second kappa shape index (κ2) is 10.7. The highest BCUT2D eigenvalue weighted by Gasteiger charge is 2.60. The van der Waals surface area contributed by atoms with E-state index in [-0.39, 0.29) is 23.6 Å². The molecule has 1 saturated heterocycles. The highest BCUT2D eigenvalue weighted by molar-refractivity contribution is 7.86. The smallest absolute Gasteiger partial charge is 0.444 e. The highest BCUT2D eigenvalue weighted by Crippen LogP contribution is 2.46. The summed E-state index contributed by atoms with van der Waals surface area (Å²) in [4.78, 5) is 46.0. The average Bonchev–Trinajstić information content (AvgIpc) is 3.43. The first-order valence-corrected chi connectivity index (χ1v) is 14.0. The van der Waals surface area contributed by atoms with Crippen molar-refractivity contribution in [2.75, 3.05) is 18.2 Å². The van der Waals surface area contributed by atoms with E-state index < -0.39 is 55.1 Å². The van der Waals surface area contributed by atoms with Crippen LogP contribution in [-0.4, -0.2) is 68.5 Å². The molecule has 18 heteroatoms. The van der Waals surface area contributed by atoms with Crippen molar-refractivity contribution in [2.24, 2.45) is 0 Å². The number of phosphoric acid groups is 1. The van der Waals surface area contributed by atoms with Crippen LogP contribution in [0.25, 0.3) is 16.0 Å². The first-order chi connectivity index (χ1) is 17.9. The molecule has 1 aliphatic rings. The van der Waals surface area contributed by atoms with Crippen molar-refractivity contribution in [1.82, 2.24) is 19.5 Å². The van der Waals surface area contributed by atoms with E-state index in [9.17, 15) is 17.8 Å². The Morgan fingerprint density at radius 2 is 2.05 bits per heavy atom. The zero-order valence-electron chi connectivity index (χ0n) is 19.6. The number of fused-ring (bicyclic) bond motifs is 1. The molecular formula is C20H21N6O10PS. The molecule has 0 aliphatic carbocycles. The molecule has 0 bridgehead atoms. The van der Waals surface area contributed by atoms with Crippen LogP contribution in [0.3, 0.4) is 0 Å². The van der Waals surface area contributed by atoms with Gasteiger partial charge in [0.25, 0.3) is 10.1 Å². The Hall–Kier alpha value is -3.49. The molecule has 3 heterocycles. The standard InChI is InChI=1S/C20H21N6O10PS/c1-21-20(36-38(2,31)32)8-14(10-34-37(28,29)30)35-18(20)26-12-24-15-16(22-11-23-17(15)26)25-19(27)33-9-13-6-4-3-5-7-13/h3-7,11-12,14,18H,8-10H2,2H3,(H2,28,29,30)(H,22,23,25,27)/t14-,18+,20-/m0/s1. The van der Waals surface area contributed by atoms with Crippen LogP contribution in [0, 0.1) is 6.57 Å². The molecule has 4 rings (SSSR count). The minimum Gasteiger partial charge on any atom is -0.444 e. The van der Waals surface area contributed by atoms with Gasteiger partial charge in [0.15, 0.2) is 17.0 Å². The summed E-state index contributed by atoms with van der Waals surface area (Å²) in [5.41, 5.74) is -1.33. The van der Waals surface area contributed by atoms with Crippen LogP contribution in [0.1, 0.15) is 18.2 Å². The number of carbonyl (C=O) groups is 1. The summed E-state index contributed by atoms with van der Waals surface area (Å²) in [6.45, 7) is 7.03. The number of carbonyl (C=O) groups excluding carboxylic acids is 1. The molecule has 0 spiro atoms. The van der Waals surface area contributed by atoms with E-state index in [1.165, 1.54) is 10.9 Å². The monoisotopic (exact) mass is 568 g/mol.